The Kier molecular flexibility index (Phi) is 4.47. The summed E-state index contributed by atoms with van der Waals surface area (Å²) >= 11 is 0. The van der Waals surface area contributed by atoms with Crippen LogP contribution in [0.5, 0.6) is 11.5 Å². The third kappa shape index (κ3) is 3.34. The minimum Gasteiger partial charge on any atom is -0.486 e. The van der Waals surface area contributed by atoms with Crippen LogP contribution < -0.4 is 25.2 Å². The zero-order valence-corrected chi connectivity index (χ0v) is 14.3. The van der Waals surface area contributed by atoms with Crippen molar-refractivity contribution in [3.63, 3.8) is 0 Å². The number of hydrogen-bond acceptors (Lipinski definition) is 6. The monoisotopic (exact) mass is 367 g/mol. The molecule has 4 rings (SSSR count). The molecule has 2 aliphatic heterocycles. The van der Waals surface area contributed by atoms with Gasteiger partial charge in [0.05, 0.1) is 12.1 Å². The van der Waals surface area contributed by atoms with Crippen LogP contribution in [0.2, 0.25) is 0 Å². The normalized spacial score (nSPS) is 18.5. The van der Waals surface area contributed by atoms with Crippen molar-refractivity contribution in [2.75, 3.05) is 18.1 Å². The van der Waals surface area contributed by atoms with Crippen molar-refractivity contribution in [1.82, 2.24) is 10.9 Å². The first-order valence-electron chi connectivity index (χ1n) is 8.51. The fraction of sp³-hybridized carbons (Fsp3) is 0.211. The molecule has 1 unspecified atom stereocenters. The fourth-order valence-electron chi connectivity index (χ4n) is 3.00. The number of rotatable bonds is 4. The van der Waals surface area contributed by atoms with E-state index in [1.54, 1.807) is 48.5 Å². The second kappa shape index (κ2) is 7.08. The van der Waals surface area contributed by atoms with E-state index in [4.69, 9.17) is 9.47 Å². The van der Waals surface area contributed by atoms with Crippen LogP contribution in [0.3, 0.4) is 0 Å². The molecule has 138 valence electrons. The maximum Gasteiger partial charge on any atom is 0.265 e. The number of carbonyl (C=O) groups is 3. The Labute approximate surface area is 155 Å². The molecule has 1 saturated heterocycles. The van der Waals surface area contributed by atoms with E-state index in [9.17, 15) is 14.4 Å². The summed E-state index contributed by atoms with van der Waals surface area (Å²) in [5.74, 6) is -0.0894. The van der Waals surface area contributed by atoms with Crippen molar-refractivity contribution in [2.24, 2.45) is 0 Å². The van der Waals surface area contributed by atoms with Crippen LogP contribution in [0.4, 0.5) is 5.69 Å². The molecule has 0 spiro atoms. The molecular formula is C19H17N3O5. The molecule has 27 heavy (non-hydrogen) atoms. The van der Waals surface area contributed by atoms with Crippen molar-refractivity contribution in [3.8, 4) is 11.5 Å². The minimum absolute atomic E-state index is 0.0326. The summed E-state index contributed by atoms with van der Waals surface area (Å²) in [7, 11) is 0. The topological polar surface area (TPSA) is 97.0 Å². The highest BCUT2D eigenvalue weighted by atomic mass is 16.6. The van der Waals surface area contributed by atoms with E-state index in [0.717, 1.165) is 4.90 Å². The van der Waals surface area contributed by atoms with Gasteiger partial charge in [0.15, 0.2) is 11.5 Å². The first kappa shape index (κ1) is 17.0. The van der Waals surface area contributed by atoms with Gasteiger partial charge in [-0.15, -0.1) is 0 Å². The molecule has 0 saturated carbocycles. The quantitative estimate of drug-likeness (QED) is 0.619. The van der Waals surface area contributed by atoms with Gasteiger partial charge in [-0.25, -0.2) is 10.3 Å². The Hall–Kier alpha value is -3.39. The number of nitrogens with one attached hydrogen (secondary N) is 2. The fourth-order valence-corrected chi connectivity index (χ4v) is 3.00. The van der Waals surface area contributed by atoms with Gasteiger partial charge in [-0.2, -0.15) is 0 Å². The van der Waals surface area contributed by atoms with E-state index in [0.29, 0.717) is 36.0 Å². The zero-order valence-electron chi connectivity index (χ0n) is 14.3. The second-order valence-corrected chi connectivity index (χ2v) is 6.12. The van der Waals surface area contributed by atoms with Gasteiger partial charge in [0, 0.05) is 5.56 Å². The number of amides is 3. The summed E-state index contributed by atoms with van der Waals surface area (Å²) in [6, 6.07) is 12.7. The Morgan fingerprint density at radius 2 is 1.74 bits per heavy atom. The number of benzene rings is 2. The number of para-hydroxylation sites is 1. The summed E-state index contributed by atoms with van der Waals surface area (Å²) < 4.78 is 10.9. The summed E-state index contributed by atoms with van der Waals surface area (Å²) in [5, 5.41) is 0. The largest absolute Gasteiger partial charge is 0.486 e. The maximum absolute atomic E-state index is 12.5. The van der Waals surface area contributed by atoms with Gasteiger partial charge in [0.25, 0.3) is 11.8 Å². The number of carbonyl (C=O) groups excluding carboxylic acids is 3. The molecule has 3 amide bonds. The molecule has 0 bridgehead atoms. The van der Waals surface area contributed by atoms with Crippen molar-refractivity contribution in [3.05, 3.63) is 54.1 Å². The summed E-state index contributed by atoms with van der Waals surface area (Å²) in [6.45, 7) is 0.889. The van der Waals surface area contributed by atoms with Gasteiger partial charge in [-0.1, -0.05) is 18.2 Å². The number of fused-ring (bicyclic) bond motifs is 1. The number of anilines is 1. The van der Waals surface area contributed by atoms with E-state index in [1.165, 1.54) is 0 Å². The summed E-state index contributed by atoms with van der Waals surface area (Å²) in [5.41, 5.74) is 6.00. The van der Waals surface area contributed by atoms with Crippen LogP contribution in [0.1, 0.15) is 16.8 Å². The minimum atomic E-state index is -0.820. The Morgan fingerprint density at radius 1 is 1.00 bits per heavy atom. The van der Waals surface area contributed by atoms with Crippen LogP contribution >= 0.6 is 0 Å². The van der Waals surface area contributed by atoms with Crippen molar-refractivity contribution in [1.29, 1.82) is 0 Å². The average Bonchev–Trinajstić information content (AvgIpc) is 2.99. The van der Waals surface area contributed by atoms with Crippen LogP contribution in [-0.4, -0.2) is 37.0 Å². The maximum atomic E-state index is 12.5. The highest BCUT2D eigenvalue weighted by Gasteiger charge is 2.39. The number of hydrogen-bond donors (Lipinski definition) is 2. The first-order chi connectivity index (χ1) is 13.1. The van der Waals surface area contributed by atoms with E-state index in [-0.39, 0.29) is 12.3 Å². The number of hydrazine groups is 1. The average molecular weight is 367 g/mol. The molecular weight excluding hydrogens is 350 g/mol. The second-order valence-electron chi connectivity index (χ2n) is 6.12. The smallest absolute Gasteiger partial charge is 0.265 e. The van der Waals surface area contributed by atoms with E-state index < -0.39 is 17.9 Å². The third-order valence-electron chi connectivity index (χ3n) is 4.33. The predicted octanol–water partition coefficient (Wildman–Crippen LogP) is 1.02. The van der Waals surface area contributed by atoms with Crippen LogP contribution in [-0.2, 0) is 9.59 Å². The molecule has 0 radical (unpaired) electrons. The predicted molar refractivity (Wildman–Crippen MR) is 95.4 cm³/mol. The van der Waals surface area contributed by atoms with Gasteiger partial charge in [-0.05, 0) is 30.3 Å². The van der Waals surface area contributed by atoms with E-state index >= 15 is 0 Å². The molecule has 0 aromatic heterocycles. The van der Waals surface area contributed by atoms with Crippen LogP contribution in [0, 0.1) is 0 Å². The Bertz CT molecular complexity index is 899. The Morgan fingerprint density at radius 3 is 2.52 bits per heavy atom. The first-order valence-corrected chi connectivity index (χ1v) is 8.51. The highest BCUT2D eigenvalue weighted by Crippen LogP contribution is 2.30. The van der Waals surface area contributed by atoms with Crippen molar-refractivity contribution >= 4 is 23.4 Å². The summed E-state index contributed by atoms with van der Waals surface area (Å²) in [6.07, 6.45) is -0.0326. The lowest BCUT2D eigenvalue weighted by molar-refractivity contribution is -0.121. The van der Waals surface area contributed by atoms with Crippen LogP contribution in [0.25, 0.3) is 0 Å². The molecule has 0 aliphatic carbocycles. The van der Waals surface area contributed by atoms with Gasteiger partial charge in [0.2, 0.25) is 5.91 Å². The third-order valence-corrected chi connectivity index (χ3v) is 4.33. The zero-order chi connectivity index (χ0) is 18.8. The van der Waals surface area contributed by atoms with Crippen molar-refractivity contribution < 1.29 is 23.9 Å². The van der Waals surface area contributed by atoms with Crippen LogP contribution in [0.15, 0.2) is 48.5 Å². The van der Waals surface area contributed by atoms with Gasteiger partial charge in [-0.3, -0.25) is 19.8 Å². The number of nitrogens with zero attached hydrogens (tertiary/aromatic N) is 1. The lowest BCUT2D eigenvalue weighted by atomic mass is 10.2. The lowest BCUT2D eigenvalue weighted by Crippen LogP contribution is -2.48. The number of imide groups is 1. The van der Waals surface area contributed by atoms with E-state index in [1.807, 2.05) is 0 Å². The molecule has 2 aliphatic rings. The van der Waals surface area contributed by atoms with Gasteiger partial charge < -0.3 is 9.47 Å². The van der Waals surface area contributed by atoms with Crippen molar-refractivity contribution in [2.45, 2.75) is 12.5 Å². The molecule has 8 heteroatoms. The molecule has 2 heterocycles. The standard InChI is InChI=1S/C19H17N3O5/c23-17-11-14(19(25)22(17)13-4-2-1-3-5-13)20-21-18(24)12-6-7-15-16(10-12)27-9-8-26-15/h1-7,10,14,20H,8-9,11H2,(H,21,24). The van der Waals surface area contributed by atoms with E-state index in [2.05, 4.69) is 10.9 Å². The highest BCUT2D eigenvalue weighted by molar-refractivity contribution is 6.22. The summed E-state index contributed by atoms with van der Waals surface area (Å²) in [4.78, 5) is 38.2. The Balaban J connectivity index is 1.41. The molecule has 2 aromatic carbocycles. The molecule has 2 aromatic rings. The SMILES string of the molecule is O=C(NNC1CC(=O)N(c2ccccc2)C1=O)c1ccc2c(c1)OCCO2. The molecule has 2 N–H and O–H groups in total. The van der Waals surface area contributed by atoms with Gasteiger partial charge in [0.1, 0.15) is 19.3 Å². The molecule has 1 fully saturated rings. The number of ether oxygens (including phenoxy) is 2. The van der Waals surface area contributed by atoms with Gasteiger partial charge >= 0.3 is 0 Å². The lowest BCUT2D eigenvalue weighted by Gasteiger charge is -2.19. The molecule has 1 atom stereocenters. The molecule has 8 nitrogen and oxygen atoms in total.